The van der Waals surface area contributed by atoms with Crippen LogP contribution in [0.3, 0.4) is 0 Å². The van der Waals surface area contributed by atoms with Gasteiger partial charge in [-0.15, -0.1) is 0 Å². The van der Waals surface area contributed by atoms with Gasteiger partial charge in [0, 0.05) is 11.0 Å². The monoisotopic (exact) mass is 507 g/mol. The molecule has 3 fully saturated rings. The minimum atomic E-state index is -0.580. The van der Waals surface area contributed by atoms with Crippen LogP contribution in [0.4, 0.5) is 5.82 Å². The normalized spacial score (nSPS) is 45.7. The van der Waals surface area contributed by atoms with Gasteiger partial charge in [-0.05, 0) is 104 Å². The maximum Gasteiger partial charge on any atom is 0.310 e. The van der Waals surface area contributed by atoms with E-state index in [1.807, 2.05) is 0 Å². The zero-order chi connectivity index (χ0) is 27.0. The Morgan fingerprint density at radius 3 is 2.35 bits per heavy atom. The van der Waals surface area contributed by atoms with Gasteiger partial charge in [-0.1, -0.05) is 59.6 Å². The van der Waals surface area contributed by atoms with E-state index in [4.69, 9.17) is 10.8 Å². The third-order valence-electron chi connectivity index (χ3n) is 13.6. The number of nitrogen functional groups attached to an aromatic ring is 1. The van der Waals surface area contributed by atoms with Gasteiger partial charge in [-0.3, -0.25) is 9.89 Å². The number of rotatable bonds is 1. The smallest absolute Gasteiger partial charge is 0.310 e. The van der Waals surface area contributed by atoms with Crippen molar-refractivity contribution in [2.75, 3.05) is 5.73 Å². The van der Waals surface area contributed by atoms with Crippen LogP contribution in [0.25, 0.3) is 0 Å². The Balaban J connectivity index is 1.51. The number of hydrogen-bond donors (Lipinski definition) is 3. The molecule has 5 aliphatic rings. The molecule has 0 amide bonds. The molecule has 0 bridgehead atoms. The van der Waals surface area contributed by atoms with Crippen LogP contribution in [-0.4, -0.2) is 21.3 Å². The van der Waals surface area contributed by atoms with Crippen molar-refractivity contribution in [3.8, 4) is 0 Å². The van der Waals surface area contributed by atoms with Crippen LogP contribution in [0, 0.1) is 44.8 Å². The number of carboxylic acid groups (broad SMARTS) is 1. The lowest BCUT2D eigenvalue weighted by atomic mass is 9.33. The minimum Gasteiger partial charge on any atom is -0.481 e. The molecule has 7 unspecified atom stereocenters. The predicted octanol–water partition coefficient (Wildman–Crippen LogP) is 7.28. The van der Waals surface area contributed by atoms with Gasteiger partial charge in [-0.2, -0.15) is 5.10 Å². The topological polar surface area (TPSA) is 92.0 Å². The Kier molecular flexibility index (Phi) is 4.99. The van der Waals surface area contributed by atoms with Crippen molar-refractivity contribution in [1.82, 2.24) is 10.2 Å². The predicted molar refractivity (Wildman–Crippen MR) is 148 cm³/mol. The molecule has 6 rings (SSSR count). The highest BCUT2D eigenvalue weighted by Gasteiger charge is 2.70. The third kappa shape index (κ3) is 2.92. The molecule has 0 aromatic carbocycles. The average molecular weight is 508 g/mol. The molecule has 7 atom stereocenters. The zero-order valence-corrected chi connectivity index (χ0v) is 24.5. The van der Waals surface area contributed by atoms with E-state index in [2.05, 4.69) is 60.5 Å². The van der Waals surface area contributed by atoms with Crippen LogP contribution in [-0.2, 0) is 16.6 Å². The van der Waals surface area contributed by atoms with E-state index in [1.165, 1.54) is 29.7 Å². The van der Waals surface area contributed by atoms with Crippen molar-refractivity contribution in [3.05, 3.63) is 22.4 Å². The van der Waals surface area contributed by atoms with Gasteiger partial charge in [-0.25, -0.2) is 0 Å². The molecule has 0 spiro atoms. The number of carbonyl (C=O) groups is 1. The number of H-pyrrole nitrogens is 1. The van der Waals surface area contributed by atoms with E-state index in [1.54, 1.807) is 5.57 Å². The van der Waals surface area contributed by atoms with E-state index in [9.17, 15) is 9.90 Å². The number of fused-ring (bicyclic) bond motifs is 8. The summed E-state index contributed by atoms with van der Waals surface area (Å²) in [6.07, 6.45) is 9.15. The molecule has 1 aromatic rings. The summed E-state index contributed by atoms with van der Waals surface area (Å²) in [7, 11) is 0. The van der Waals surface area contributed by atoms with E-state index < -0.39 is 11.4 Å². The Morgan fingerprint density at radius 1 is 1.00 bits per heavy atom. The number of anilines is 1. The summed E-state index contributed by atoms with van der Waals surface area (Å²) in [5, 5.41) is 18.5. The van der Waals surface area contributed by atoms with Crippen molar-refractivity contribution in [3.63, 3.8) is 0 Å². The Labute approximate surface area is 223 Å². The summed E-state index contributed by atoms with van der Waals surface area (Å²) < 4.78 is 0. The van der Waals surface area contributed by atoms with Crippen molar-refractivity contribution in [1.29, 1.82) is 0 Å². The number of hydrogen-bond acceptors (Lipinski definition) is 3. The van der Waals surface area contributed by atoms with Crippen LogP contribution in [0.5, 0.6) is 0 Å². The molecule has 0 aliphatic heterocycles. The van der Waals surface area contributed by atoms with Crippen molar-refractivity contribution in [2.45, 2.75) is 119 Å². The number of aliphatic carboxylic acids is 1. The molecule has 4 N–H and O–H groups in total. The van der Waals surface area contributed by atoms with Crippen LogP contribution < -0.4 is 5.73 Å². The van der Waals surface area contributed by atoms with E-state index >= 15 is 0 Å². The molecular weight excluding hydrogens is 458 g/mol. The summed E-state index contributed by atoms with van der Waals surface area (Å²) >= 11 is 0. The van der Waals surface area contributed by atoms with Gasteiger partial charge in [0.25, 0.3) is 0 Å². The summed E-state index contributed by atoms with van der Waals surface area (Å²) in [6.45, 7) is 19.6. The first-order valence-electron chi connectivity index (χ1n) is 14.8. The lowest BCUT2D eigenvalue weighted by Crippen LogP contribution is -2.65. The van der Waals surface area contributed by atoms with Crippen LogP contribution in [0.2, 0.25) is 0 Å². The van der Waals surface area contributed by atoms with Crippen molar-refractivity contribution in [2.24, 2.45) is 44.8 Å². The fourth-order valence-electron chi connectivity index (χ4n) is 11.5. The Hall–Kier alpha value is -1.78. The molecule has 1 heterocycles. The fraction of sp³-hybridized carbons (Fsp3) is 0.812. The number of nitrogens with one attached hydrogen (secondary N) is 1. The minimum absolute atomic E-state index is 0.0188. The van der Waals surface area contributed by atoms with Crippen molar-refractivity contribution >= 4 is 11.8 Å². The summed E-state index contributed by atoms with van der Waals surface area (Å²) in [6, 6.07) is 0. The third-order valence-corrected chi connectivity index (χ3v) is 13.6. The van der Waals surface area contributed by atoms with E-state index in [0.717, 1.165) is 50.8 Å². The largest absolute Gasteiger partial charge is 0.481 e. The van der Waals surface area contributed by atoms with Gasteiger partial charge in [0.05, 0.1) is 11.1 Å². The molecule has 37 heavy (non-hydrogen) atoms. The number of nitrogens with zero attached hydrogens (tertiary/aromatic N) is 1. The zero-order valence-electron chi connectivity index (χ0n) is 24.5. The van der Waals surface area contributed by atoms with Crippen LogP contribution >= 0.6 is 0 Å². The number of aromatic amines is 1. The van der Waals surface area contributed by atoms with Gasteiger partial charge >= 0.3 is 5.97 Å². The fourth-order valence-corrected chi connectivity index (χ4v) is 11.5. The Morgan fingerprint density at radius 2 is 1.68 bits per heavy atom. The lowest BCUT2D eigenvalue weighted by Gasteiger charge is -2.71. The molecule has 1 aromatic heterocycles. The second-order valence-corrected chi connectivity index (χ2v) is 16.0. The molecule has 5 aliphatic carbocycles. The SMILES string of the molecule is CC1=C2C3CC(C)(C)CCC3(C(=O)O)CCC2(C)C2(C)CCC3C(C)(C)c4n[nH]c(N)c4CC3(C)C2C1. The molecule has 0 saturated heterocycles. The molecule has 0 radical (unpaired) electrons. The highest BCUT2D eigenvalue weighted by molar-refractivity contribution is 5.76. The lowest BCUT2D eigenvalue weighted by molar-refractivity contribution is -0.178. The number of carboxylic acids is 1. The maximum absolute atomic E-state index is 13.0. The van der Waals surface area contributed by atoms with Crippen molar-refractivity contribution < 1.29 is 9.90 Å². The first-order valence-corrected chi connectivity index (χ1v) is 14.8. The standard InChI is InChI=1S/C32H49N3O2/c1-18-15-22-29(6)16-19-24(34-35-25(19)33)28(4,5)21(29)9-10-30(22,7)31(8)12-14-32(26(36)37)13-11-27(2,3)17-20(32)23(18)31/h20-22H,9-17H2,1-8H3,(H,36,37)(H3,33,34,35). The average Bonchev–Trinajstić information content (AvgIpc) is 3.15. The highest BCUT2D eigenvalue weighted by atomic mass is 16.4. The molecule has 3 saturated carbocycles. The molecule has 5 nitrogen and oxygen atoms in total. The van der Waals surface area contributed by atoms with Gasteiger partial charge in [0.2, 0.25) is 0 Å². The van der Waals surface area contributed by atoms with E-state index in [0.29, 0.717) is 11.8 Å². The quantitative estimate of drug-likeness (QED) is 0.348. The summed E-state index contributed by atoms with van der Waals surface area (Å²) in [5.41, 5.74) is 11.9. The highest BCUT2D eigenvalue weighted by Crippen LogP contribution is 2.76. The second-order valence-electron chi connectivity index (χ2n) is 16.0. The molecular formula is C32H49N3O2. The first kappa shape index (κ1) is 25.5. The second kappa shape index (κ2) is 7.24. The van der Waals surface area contributed by atoms with Gasteiger partial charge in [0.15, 0.2) is 0 Å². The maximum atomic E-state index is 13.0. The first-order chi connectivity index (χ1) is 17.0. The molecule has 5 heteroatoms. The number of allylic oxidation sites excluding steroid dienone is 2. The Bertz CT molecular complexity index is 1210. The van der Waals surface area contributed by atoms with Gasteiger partial charge in [0.1, 0.15) is 5.82 Å². The summed E-state index contributed by atoms with van der Waals surface area (Å²) in [4.78, 5) is 13.0. The molecule has 204 valence electrons. The number of nitrogens with two attached hydrogens (primary N) is 1. The summed E-state index contributed by atoms with van der Waals surface area (Å²) in [5.74, 6) is 1.47. The van der Waals surface area contributed by atoms with Gasteiger partial charge < -0.3 is 10.8 Å². The van der Waals surface area contributed by atoms with E-state index in [-0.39, 0.29) is 33.0 Å². The van der Waals surface area contributed by atoms with Crippen LogP contribution in [0.1, 0.15) is 118 Å². The number of aromatic nitrogens is 2. The van der Waals surface area contributed by atoms with Crippen LogP contribution in [0.15, 0.2) is 11.1 Å².